The average molecular weight is 411 g/mol. The monoisotopic (exact) mass is 410 g/mol. The van der Waals surface area contributed by atoms with Crippen molar-refractivity contribution in [1.82, 2.24) is 0 Å². The topological polar surface area (TPSA) is 82.7 Å². The van der Waals surface area contributed by atoms with E-state index in [1.54, 1.807) is 6.08 Å². The van der Waals surface area contributed by atoms with Crippen LogP contribution in [0.25, 0.3) is 0 Å². The van der Waals surface area contributed by atoms with Crippen LogP contribution in [0.15, 0.2) is 75.7 Å². The van der Waals surface area contributed by atoms with Crippen LogP contribution in [0.3, 0.4) is 0 Å². The molecule has 0 saturated heterocycles. The third-order valence-electron chi connectivity index (χ3n) is 4.03. The summed E-state index contributed by atoms with van der Waals surface area (Å²) in [4.78, 5) is 14.9. The highest BCUT2D eigenvalue weighted by Crippen LogP contribution is 2.43. The fraction of sp³-hybridized carbons (Fsp3) is 0.150. The van der Waals surface area contributed by atoms with Crippen molar-refractivity contribution in [3.05, 3.63) is 81.8 Å². The molecule has 0 saturated carbocycles. The van der Waals surface area contributed by atoms with Crippen LogP contribution in [0.1, 0.15) is 17.5 Å². The Hall–Kier alpha value is -2.75. The van der Waals surface area contributed by atoms with Crippen molar-refractivity contribution in [2.45, 2.75) is 18.2 Å². The van der Waals surface area contributed by atoms with E-state index in [-0.39, 0.29) is 6.42 Å². The highest BCUT2D eigenvalue weighted by Gasteiger charge is 2.43. The first-order valence-electron chi connectivity index (χ1n) is 7.91. The number of halogens is 1. The molecule has 1 aliphatic heterocycles. The third-order valence-corrected chi connectivity index (χ3v) is 4.56. The maximum Gasteiger partial charge on any atom is 0.308 e. The Labute approximate surface area is 159 Å². The standard InChI is InChI=1S/C20H15BrN2O3/c21-17-8-6-16(7-9-17)20(15-4-2-1-3-5-15)12-14(13-22)19(26-20)23-11-10-18(24)25/h1-9,11-12,19H,10H2,(H,24,25). The number of rotatable bonds is 5. The zero-order valence-electron chi connectivity index (χ0n) is 13.7. The first-order chi connectivity index (χ1) is 12.5. The molecule has 2 aromatic carbocycles. The van der Waals surface area contributed by atoms with Crippen molar-refractivity contribution in [2.24, 2.45) is 4.99 Å². The summed E-state index contributed by atoms with van der Waals surface area (Å²) in [6, 6.07) is 19.4. The molecule has 0 bridgehead atoms. The van der Waals surface area contributed by atoms with Crippen molar-refractivity contribution < 1.29 is 14.6 Å². The maximum absolute atomic E-state index is 10.7. The number of ether oxygens (including phenoxy) is 1. The normalized spacial score (nSPS) is 22.2. The van der Waals surface area contributed by atoms with Crippen LogP contribution in [-0.4, -0.2) is 23.5 Å². The van der Waals surface area contributed by atoms with Gasteiger partial charge in [-0.25, -0.2) is 0 Å². The van der Waals surface area contributed by atoms with E-state index in [1.165, 1.54) is 6.21 Å². The Balaban J connectivity index is 2.07. The summed E-state index contributed by atoms with van der Waals surface area (Å²) >= 11 is 3.43. The molecule has 2 aromatic rings. The van der Waals surface area contributed by atoms with Crippen molar-refractivity contribution in [3.8, 4) is 6.07 Å². The van der Waals surface area contributed by atoms with E-state index in [2.05, 4.69) is 27.0 Å². The number of nitrogens with zero attached hydrogens (tertiary/aromatic N) is 2. The van der Waals surface area contributed by atoms with Gasteiger partial charge in [-0.3, -0.25) is 9.79 Å². The third kappa shape index (κ3) is 3.59. The largest absolute Gasteiger partial charge is 0.481 e. The molecule has 130 valence electrons. The maximum atomic E-state index is 10.7. The quantitative estimate of drug-likeness (QED) is 0.753. The molecule has 5 nitrogen and oxygen atoms in total. The number of nitriles is 1. The van der Waals surface area contributed by atoms with Crippen molar-refractivity contribution in [1.29, 1.82) is 5.26 Å². The zero-order valence-corrected chi connectivity index (χ0v) is 15.3. The van der Waals surface area contributed by atoms with Gasteiger partial charge in [0.15, 0.2) is 6.23 Å². The summed E-state index contributed by atoms with van der Waals surface area (Å²) in [5, 5.41) is 18.3. The summed E-state index contributed by atoms with van der Waals surface area (Å²) in [6.07, 6.45) is 1.95. The number of carbonyl (C=O) groups is 1. The predicted molar refractivity (Wildman–Crippen MR) is 101 cm³/mol. The van der Waals surface area contributed by atoms with E-state index in [4.69, 9.17) is 9.84 Å². The van der Waals surface area contributed by atoms with E-state index in [1.807, 2.05) is 54.6 Å². The Morgan fingerprint density at radius 3 is 2.50 bits per heavy atom. The SMILES string of the molecule is N#CC1=CC(c2ccccc2)(c2ccc(Br)cc2)OC1N=CCC(=O)O. The first kappa shape index (κ1) is 18.1. The van der Waals surface area contributed by atoms with Crippen molar-refractivity contribution in [2.75, 3.05) is 0 Å². The zero-order chi connectivity index (χ0) is 18.6. The average Bonchev–Trinajstić information content (AvgIpc) is 3.03. The molecular weight excluding hydrogens is 396 g/mol. The van der Waals surface area contributed by atoms with Crippen LogP contribution >= 0.6 is 15.9 Å². The predicted octanol–water partition coefficient (Wildman–Crippen LogP) is 4.04. The van der Waals surface area contributed by atoms with Crippen LogP contribution in [0, 0.1) is 11.3 Å². The fourth-order valence-corrected chi connectivity index (χ4v) is 3.11. The number of hydrogen-bond donors (Lipinski definition) is 1. The Morgan fingerprint density at radius 1 is 1.23 bits per heavy atom. The lowest BCUT2D eigenvalue weighted by atomic mass is 9.86. The number of hydrogen-bond acceptors (Lipinski definition) is 4. The van der Waals surface area contributed by atoms with E-state index < -0.39 is 17.8 Å². The highest BCUT2D eigenvalue weighted by atomic mass is 79.9. The molecule has 0 aromatic heterocycles. The van der Waals surface area contributed by atoms with E-state index in [9.17, 15) is 10.1 Å². The smallest absolute Gasteiger partial charge is 0.308 e. The molecular formula is C20H15BrN2O3. The molecule has 1 N–H and O–H groups in total. The van der Waals surface area contributed by atoms with Gasteiger partial charge in [0.05, 0.1) is 18.1 Å². The molecule has 1 aliphatic rings. The van der Waals surface area contributed by atoms with Gasteiger partial charge >= 0.3 is 5.97 Å². The lowest BCUT2D eigenvalue weighted by molar-refractivity contribution is -0.135. The molecule has 0 aliphatic carbocycles. The fourth-order valence-electron chi connectivity index (χ4n) is 2.84. The minimum atomic E-state index is -0.989. The molecule has 26 heavy (non-hydrogen) atoms. The van der Waals surface area contributed by atoms with Crippen LogP contribution in [0.2, 0.25) is 0 Å². The Bertz CT molecular complexity index is 901. The molecule has 0 amide bonds. The van der Waals surface area contributed by atoms with Gasteiger partial charge < -0.3 is 9.84 Å². The summed E-state index contributed by atoms with van der Waals surface area (Å²) in [7, 11) is 0. The summed E-state index contributed by atoms with van der Waals surface area (Å²) in [6.45, 7) is 0. The highest BCUT2D eigenvalue weighted by molar-refractivity contribution is 9.10. The van der Waals surface area contributed by atoms with Crippen LogP contribution < -0.4 is 0 Å². The molecule has 3 rings (SSSR count). The van der Waals surface area contributed by atoms with Gasteiger partial charge in [-0.05, 0) is 29.3 Å². The van der Waals surface area contributed by atoms with E-state index >= 15 is 0 Å². The second-order valence-electron chi connectivity index (χ2n) is 5.72. The number of benzene rings is 2. The summed E-state index contributed by atoms with van der Waals surface area (Å²) in [5.74, 6) is -0.989. The van der Waals surface area contributed by atoms with Gasteiger partial charge in [-0.15, -0.1) is 0 Å². The molecule has 0 fully saturated rings. The van der Waals surface area contributed by atoms with Gasteiger partial charge in [0, 0.05) is 10.7 Å². The molecule has 0 spiro atoms. The van der Waals surface area contributed by atoms with Crippen molar-refractivity contribution in [3.63, 3.8) is 0 Å². The first-order valence-corrected chi connectivity index (χ1v) is 8.70. The van der Waals surface area contributed by atoms with Crippen LogP contribution in [0.4, 0.5) is 0 Å². The second kappa shape index (κ2) is 7.65. The molecule has 0 radical (unpaired) electrons. The summed E-state index contributed by atoms with van der Waals surface area (Å²) in [5.41, 5.74) is 1.11. The second-order valence-corrected chi connectivity index (χ2v) is 6.64. The minimum Gasteiger partial charge on any atom is -0.481 e. The van der Waals surface area contributed by atoms with Gasteiger partial charge in [0.25, 0.3) is 0 Å². The van der Waals surface area contributed by atoms with E-state index in [0.717, 1.165) is 15.6 Å². The van der Waals surface area contributed by atoms with Crippen LogP contribution in [-0.2, 0) is 15.1 Å². The number of aliphatic carboxylic acids is 1. The molecule has 2 atom stereocenters. The van der Waals surface area contributed by atoms with Gasteiger partial charge in [-0.2, -0.15) is 5.26 Å². The molecule has 2 unspecified atom stereocenters. The van der Waals surface area contributed by atoms with Crippen LogP contribution in [0.5, 0.6) is 0 Å². The number of carboxylic acids is 1. The number of aliphatic imine (C=N–C) groups is 1. The lowest BCUT2D eigenvalue weighted by Crippen LogP contribution is -2.28. The van der Waals surface area contributed by atoms with Gasteiger partial charge in [0.1, 0.15) is 5.60 Å². The van der Waals surface area contributed by atoms with Gasteiger partial charge in [-0.1, -0.05) is 58.4 Å². The van der Waals surface area contributed by atoms with Gasteiger partial charge in [0.2, 0.25) is 0 Å². The van der Waals surface area contributed by atoms with E-state index in [0.29, 0.717) is 5.57 Å². The lowest BCUT2D eigenvalue weighted by Gasteiger charge is -2.29. The minimum absolute atomic E-state index is 0.227. The Morgan fingerprint density at radius 2 is 1.88 bits per heavy atom. The summed E-state index contributed by atoms with van der Waals surface area (Å²) < 4.78 is 7.16. The Kier molecular flexibility index (Phi) is 5.31. The number of carboxylic acid groups (broad SMARTS) is 1. The molecule has 6 heteroatoms. The van der Waals surface area contributed by atoms with Crippen molar-refractivity contribution >= 4 is 28.1 Å². The molecule has 1 heterocycles.